The number of ether oxygens (including phenoxy) is 1. The molecule has 0 atom stereocenters. The molecule has 1 N–H and O–H groups in total. The summed E-state index contributed by atoms with van der Waals surface area (Å²) in [5, 5.41) is 6.96. The fraction of sp³-hybridized carbons (Fsp3) is 0.111. The molecule has 0 aliphatic rings. The number of amides is 1. The summed E-state index contributed by atoms with van der Waals surface area (Å²) in [5.41, 5.74) is 2.07. The third-order valence-corrected chi connectivity index (χ3v) is 3.33. The van der Waals surface area contributed by atoms with E-state index >= 15 is 0 Å². The van der Waals surface area contributed by atoms with Crippen molar-refractivity contribution in [3.63, 3.8) is 0 Å². The number of carbonyl (C=O) groups is 1. The molecule has 0 radical (unpaired) electrons. The number of hydrogen-bond acceptors (Lipinski definition) is 3. The van der Waals surface area contributed by atoms with Crippen LogP contribution in [0.1, 0.15) is 16.1 Å². The van der Waals surface area contributed by atoms with Crippen LogP contribution in [0.5, 0.6) is 5.75 Å². The third kappa shape index (κ3) is 3.98. The van der Waals surface area contributed by atoms with Gasteiger partial charge in [0.25, 0.3) is 5.91 Å². The first-order valence-corrected chi connectivity index (χ1v) is 7.40. The van der Waals surface area contributed by atoms with Crippen LogP contribution in [-0.2, 0) is 6.73 Å². The van der Waals surface area contributed by atoms with Crippen LogP contribution in [0.15, 0.2) is 60.8 Å². The van der Waals surface area contributed by atoms with Crippen LogP contribution in [-0.4, -0.2) is 15.7 Å². The highest BCUT2D eigenvalue weighted by molar-refractivity contribution is 6.02. The molecule has 24 heavy (non-hydrogen) atoms. The van der Waals surface area contributed by atoms with Crippen LogP contribution in [0.25, 0.3) is 0 Å². The highest BCUT2D eigenvalue weighted by atomic mass is 19.1. The SMILES string of the molecule is Cc1cccc(NC(=O)c2ccn(COc3ccc(F)cc3)n2)c1. The first-order valence-electron chi connectivity index (χ1n) is 7.40. The Morgan fingerprint density at radius 3 is 2.75 bits per heavy atom. The first kappa shape index (κ1) is 15.7. The van der Waals surface area contributed by atoms with Crippen LogP contribution in [0.4, 0.5) is 10.1 Å². The summed E-state index contributed by atoms with van der Waals surface area (Å²) in [6.45, 7) is 2.08. The zero-order chi connectivity index (χ0) is 16.9. The first-order chi connectivity index (χ1) is 11.6. The predicted molar refractivity (Wildman–Crippen MR) is 88.4 cm³/mol. The van der Waals surface area contributed by atoms with Gasteiger partial charge >= 0.3 is 0 Å². The normalized spacial score (nSPS) is 10.4. The zero-order valence-corrected chi connectivity index (χ0v) is 13.1. The maximum absolute atomic E-state index is 12.8. The summed E-state index contributed by atoms with van der Waals surface area (Å²) in [6, 6.07) is 14.8. The second-order valence-corrected chi connectivity index (χ2v) is 5.29. The number of benzene rings is 2. The van der Waals surface area contributed by atoms with E-state index in [2.05, 4.69) is 10.4 Å². The number of nitrogens with zero attached hydrogens (tertiary/aromatic N) is 2. The van der Waals surface area contributed by atoms with Crippen molar-refractivity contribution < 1.29 is 13.9 Å². The van der Waals surface area contributed by atoms with Gasteiger partial charge in [0.15, 0.2) is 12.4 Å². The Hall–Kier alpha value is -3.15. The number of carbonyl (C=O) groups excluding carboxylic acids is 1. The lowest BCUT2D eigenvalue weighted by Gasteiger charge is -2.06. The molecular weight excluding hydrogens is 309 g/mol. The number of nitrogens with one attached hydrogen (secondary N) is 1. The average molecular weight is 325 g/mol. The van der Waals surface area contributed by atoms with Crippen molar-refractivity contribution in [2.45, 2.75) is 13.7 Å². The molecular formula is C18H16FN3O2. The average Bonchev–Trinajstić information content (AvgIpc) is 3.03. The summed E-state index contributed by atoms with van der Waals surface area (Å²) in [6.07, 6.45) is 1.65. The second kappa shape index (κ2) is 6.95. The van der Waals surface area contributed by atoms with E-state index in [1.165, 1.54) is 28.9 Å². The molecule has 3 aromatic rings. The van der Waals surface area contributed by atoms with E-state index in [0.29, 0.717) is 11.4 Å². The van der Waals surface area contributed by atoms with Gasteiger partial charge in [-0.25, -0.2) is 9.07 Å². The number of aromatic nitrogens is 2. The van der Waals surface area contributed by atoms with Crippen molar-refractivity contribution >= 4 is 11.6 Å². The Balaban J connectivity index is 1.60. The quantitative estimate of drug-likeness (QED) is 0.779. The zero-order valence-electron chi connectivity index (χ0n) is 13.1. The van der Waals surface area contributed by atoms with E-state index in [1.807, 2.05) is 31.2 Å². The Labute approximate surface area is 138 Å². The van der Waals surface area contributed by atoms with Gasteiger partial charge in [0.2, 0.25) is 0 Å². The van der Waals surface area contributed by atoms with Crippen molar-refractivity contribution in [3.8, 4) is 5.75 Å². The largest absolute Gasteiger partial charge is 0.471 e. The maximum atomic E-state index is 12.8. The van der Waals surface area contributed by atoms with E-state index in [1.54, 1.807) is 12.3 Å². The van der Waals surface area contributed by atoms with Crippen molar-refractivity contribution in [3.05, 3.63) is 77.9 Å². The fourth-order valence-electron chi connectivity index (χ4n) is 2.14. The van der Waals surface area contributed by atoms with Crippen molar-refractivity contribution in [2.75, 3.05) is 5.32 Å². The number of hydrogen-bond donors (Lipinski definition) is 1. The molecule has 1 aromatic heterocycles. The van der Waals surface area contributed by atoms with Crippen molar-refractivity contribution in [1.82, 2.24) is 9.78 Å². The van der Waals surface area contributed by atoms with Gasteiger partial charge < -0.3 is 10.1 Å². The topological polar surface area (TPSA) is 56.2 Å². The van der Waals surface area contributed by atoms with Crippen LogP contribution in [0.2, 0.25) is 0 Å². The highest BCUT2D eigenvalue weighted by Crippen LogP contribution is 2.13. The fourth-order valence-corrected chi connectivity index (χ4v) is 2.14. The minimum Gasteiger partial charge on any atom is -0.471 e. The molecule has 0 saturated heterocycles. The lowest BCUT2D eigenvalue weighted by molar-refractivity contribution is 0.102. The molecule has 0 aliphatic carbocycles. The molecule has 2 aromatic carbocycles. The van der Waals surface area contributed by atoms with Gasteiger partial charge in [0.1, 0.15) is 11.6 Å². The number of halogens is 1. The molecule has 6 heteroatoms. The molecule has 0 unspecified atom stereocenters. The summed E-state index contributed by atoms with van der Waals surface area (Å²) in [5.74, 6) is -0.0876. The van der Waals surface area contributed by atoms with Crippen molar-refractivity contribution in [1.29, 1.82) is 0 Å². The Kier molecular flexibility index (Phi) is 4.56. The molecule has 1 amide bonds. The number of aryl methyl sites for hydroxylation is 1. The molecule has 0 bridgehead atoms. The minimum atomic E-state index is -0.323. The van der Waals surface area contributed by atoms with Crippen LogP contribution < -0.4 is 10.1 Å². The molecule has 0 fully saturated rings. The van der Waals surface area contributed by atoms with Gasteiger partial charge in [-0.1, -0.05) is 12.1 Å². The number of rotatable bonds is 5. The Bertz CT molecular complexity index is 843. The Morgan fingerprint density at radius 2 is 2.00 bits per heavy atom. The van der Waals surface area contributed by atoms with E-state index in [9.17, 15) is 9.18 Å². The lowest BCUT2D eigenvalue weighted by Crippen LogP contribution is -2.14. The summed E-state index contributed by atoms with van der Waals surface area (Å²) < 4.78 is 19.8. The molecule has 5 nitrogen and oxygen atoms in total. The molecule has 0 spiro atoms. The summed E-state index contributed by atoms with van der Waals surface area (Å²) in [4.78, 5) is 12.2. The molecule has 0 saturated carbocycles. The minimum absolute atomic E-state index is 0.128. The lowest BCUT2D eigenvalue weighted by atomic mass is 10.2. The molecule has 122 valence electrons. The smallest absolute Gasteiger partial charge is 0.276 e. The summed E-state index contributed by atoms with van der Waals surface area (Å²) >= 11 is 0. The van der Waals surface area contributed by atoms with E-state index in [0.717, 1.165) is 11.3 Å². The monoisotopic (exact) mass is 325 g/mol. The van der Waals surface area contributed by atoms with E-state index in [-0.39, 0.29) is 18.5 Å². The van der Waals surface area contributed by atoms with Gasteiger partial charge in [-0.2, -0.15) is 5.10 Å². The van der Waals surface area contributed by atoms with Gasteiger partial charge in [-0.3, -0.25) is 4.79 Å². The van der Waals surface area contributed by atoms with Crippen molar-refractivity contribution in [2.24, 2.45) is 0 Å². The molecule has 3 rings (SSSR count). The predicted octanol–water partition coefficient (Wildman–Crippen LogP) is 3.62. The maximum Gasteiger partial charge on any atom is 0.276 e. The third-order valence-electron chi connectivity index (χ3n) is 3.33. The van der Waals surface area contributed by atoms with E-state index in [4.69, 9.17) is 4.74 Å². The molecule has 0 aliphatic heterocycles. The van der Waals surface area contributed by atoms with Gasteiger partial charge in [0.05, 0.1) is 0 Å². The number of anilines is 1. The Morgan fingerprint density at radius 1 is 1.21 bits per heavy atom. The van der Waals surface area contributed by atoms with Gasteiger partial charge in [0, 0.05) is 11.9 Å². The standard InChI is InChI=1S/C18H16FN3O2/c1-13-3-2-4-15(11-13)20-18(23)17-9-10-22(21-17)12-24-16-7-5-14(19)6-8-16/h2-11H,12H2,1H3,(H,20,23). The van der Waals surface area contributed by atoms with Gasteiger partial charge in [-0.05, 0) is 55.0 Å². The van der Waals surface area contributed by atoms with E-state index < -0.39 is 0 Å². The van der Waals surface area contributed by atoms with Crippen LogP contribution in [0, 0.1) is 12.7 Å². The summed E-state index contributed by atoms with van der Waals surface area (Å²) in [7, 11) is 0. The second-order valence-electron chi connectivity index (χ2n) is 5.29. The van der Waals surface area contributed by atoms with Crippen LogP contribution in [0.3, 0.4) is 0 Å². The van der Waals surface area contributed by atoms with Gasteiger partial charge in [-0.15, -0.1) is 0 Å². The highest BCUT2D eigenvalue weighted by Gasteiger charge is 2.10. The van der Waals surface area contributed by atoms with Crippen LogP contribution >= 0.6 is 0 Å². The molecule has 1 heterocycles.